The number of nitrogens with one attached hydrogen (secondary N) is 1. The summed E-state index contributed by atoms with van der Waals surface area (Å²) in [5.41, 5.74) is 2.25. The number of nitrogens with zero attached hydrogens (tertiary/aromatic N) is 5. The van der Waals surface area contributed by atoms with E-state index in [0.717, 1.165) is 40.4 Å². The zero-order valence-corrected chi connectivity index (χ0v) is 13.7. The van der Waals surface area contributed by atoms with Crippen molar-refractivity contribution in [3.05, 3.63) is 28.7 Å². The van der Waals surface area contributed by atoms with Gasteiger partial charge in [-0.05, 0) is 38.2 Å². The highest BCUT2D eigenvalue weighted by Crippen LogP contribution is 2.39. The second-order valence-corrected chi connectivity index (χ2v) is 6.80. The van der Waals surface area contributed by atoms with Crippen molar-refractivity contribution in [1.29, 1.82) is 5.26 Å². The fourth-order valence-electron chi connectivity index (χ4n) is 3.08. The van der Waals surface area contributed by atoms with Gasteiger partial charge in [-0.3, -0.25) is 4.68 Å². The largest absolute Gasteiger partial charge is 0.337 e. The van der Waals surface area contributed by atoms with Gasteiger partial charge >= 0.3 is 0 Å². The SMILES string of the molecule is Cc1nc(Nc2cnn(CC#N)c2)c2c3c(sc2n1)CCCC3. The van der Waals surface area contributed by atoms with Crippen LogP contribution in [0.1, 0.15) is 29.1 Å². The third-order valence-corrected chi connectivity index (χ3v) is 5.24. The van der Waals surface area contributed by atoms with Gasteiger partial charge in [0.05, 0.1) is 23.3 Å². The Morgan fingerprint density at radius 2 is 2.22 bits per heavy atom. The molecule has 1 aliphatic rings. The molecule has 3 heterocycles. The molecule has 3 aromatic rings. The molecule has 23 heavy (non-hydrogen) atoms. The molecule has 0 spiro atoms. The quantitative estimate of drug-likeness (QED) is 0.799. The Kier molecular flexibility index (Phi) is 3.46. The maximum atomic E-state index is 8.75. The van der Waals surface area contributed by atoms with E-state index in [2.05, 4.69) is 26.5 Å². The molecule has 7 heteroatoms. The summed E-state index contributed by atoms with van der Waals surface area (Å²) in [5.74, 6) is 1.62. The van der Waals surface area contributed by atoms with Crippen LogP contribution in [0.3, 0.4) is 0 Å². The van der Waals surface area contributed by atoms with Gasteiger partial charge in [-0.2, -0.15) is 10.4 Å². The number of aromatic nitrogens is 4. The minimum Gasteiger partial charge on any atom is -0.337 e. The molecule has 0 aliphatic heterocycles. The number of thiophene rings is 1. The average molecular weight is 324 g/mol. The number of hydrogen-bond donors (Lipinski definition) is 1. The minimum atomic E-state index is 0.244. The number of hydrogen-bond acceptors (Lipinski definition) is 6. The number of fused-ring (bicyclic) bond motifs is 3. The van der Waals surface area contributed by atoms with Crippen LogP contribution < -0.4 is 5.32 Å². The molecule has 0 aromatic carbocycles. The van der Waals surface area contributed by atoms with Gasteiger partial charge in [0.25, 0.3) is 0 Å². The van der Waals surface area contributed by atoms with Crippen molar-refractivity contribution in [2.45, 2.75) is 39.2 Å². The Morgan fingerprint density at radius 1 is 1.35 bits per heavy atom. The van der Waals surface area contributed by atoms with Gasteiger partial charge < -0.3 is 5.32 Å². The topological polar surface area (TPSA) is 79.4 Å². The molecule has 0 bridgehead atoms. The number of nitriles is 1. The molecule has 1 aliphatic carbocycles. The highest BCUT2D eigenvalue weighted by Gasteiger charge is 2.20. The predicted octanol–water partition coefficient (Wildman–Crippen LogP) is 3.34. The van der Waals surface area contributed by atoms with Crippen LogP contribution in [0.4, 0.5) is 11.5 Å². The first-order chi connectivity index (χ1) is 11.2. The van der Waals surface area contributed by atoms with E-state index >= 15 is 0 Å². The molecule has 0 saturated heterocycles. The number of aryl methyl sites for hydroxylation is 3. The van der Waals surface area contributed by atoms with Gasteiger partial charge in [0.1, 0.15) is 23.0 Å². The summed E-state index contributed by atoms with van der Waals surface area (Å²) in [7, 11) is 0. The second kappa shape index (κ2) is 5.63. The van der Waals surface area contributed by atoms with Gasteiger partial charge in [0, 0.05) is 11.1 Å². The lowest BCUT2D eigenvalue weighted by molar-refractivity contribution is 0.700. The first kappa shape index (κ1) is 14.2. The summed E-state index contributed by atoms with van der Waals surface area (Å²) >= 11 is 1.80. The van der Waals surface area contributed by atoms with Gasteiger partial charge in [-0.15, -0.1) is 11.3 Å². The molecular formula is C16H16N6S. The molecule has 116 valence electrons. The zero-order valence-electron chi connectivity index (χ0n) is 12.8. The van der Waals surface area contributed by atoms with E-state index in [1.165, 1.54) is 23.3 Å². The van der Waals surface area contributed by atoms with E-state index in [4.69, 9.17) is 5.26 Å². The van der Waals surface area contributed by atoms with E-state index in [1.54, 1.807) is 22.2 Å². The van der Waals surface area contributed by atoms with E-state index in [0.29, 0.717) is 0 Å². The van der Waals surface area contributed by atoms with Gasteiger partial charge in [-0.1, -0.05) is 0 Å². The molecule has 0 unspecified atom stereocenters. The predicted molar refractivity (Wildman–Crippen MR) is 89.9 cm³/mol. The van der Waals surface area contributed by atoms with Crippen LogP contribution in [0.2, 0.25) is 0 Å². The molecule has 4 rings (SSSR count). The van der Waals surface area contributed by atoms with Crippen molar-refractivity contribution < 1.29 is 0 Å². The van der Waals surface area contributed by atoms with Crippen LogP contribution in [-0.4, -0.2) is 19.7 Å². The maximum Gasteiger partial charge on any atom is 0.143 e. The first-order valence-electron chi connectivity index (χ1n) is 7.70. The molecule has 0 amide bonds. The highest BCUT2D eigenvalue weighted by atomic mass is 32.1. The minimum absolute atomic E-state index is 0.244. The monoisotopic (exact) mass is 324 g/mol. The highest BCUT2D eigenvalue weighted by molar-refractivity contribution is 7.19. The summed E-state index contributed by atoms with van der Waals surface area (Å²) in [6, 6.07) is 2.09. The first-order valence-corrected chi connectivity index (χ1v) is 8.51. The Bertz CT molecular complexity index is 917. The van der Waals surface area contributed by atoms with Crippen molar-refractivity contribution >= 4 is 33.1 Å². The fraction of sp³-hybridized carbons (Fsp3) is 0.375. The van der Waals surface area contributed by atoms with Crippen LogP contribution in [0.5, 0.6) is 0 Å². The number of anilines is 2. The van der Waals surface area contributed by atoms with Crippen molar-refractivity contribution in [3.8, 4) is 6.07 Å². The van der Waals surface area contributed by atoms with Crippen molar-refractivity contribution in [2.75, 3.05) is 5.32 Å². The summed E-state index contributed by atoms with van der Waals surface area (Å²) in [5, 5.41) is 17.4. The standard InChI is InChI=1S/C16H16N6S/c1-10-19-15(21-11-8-18-22(9-11)7-6-17)14-12-4-2-3-5-13(12)23-16(14)20-10/h8-9H,2-5,7H2,1H3,(H,19,20,21). The van der Waals surface area contributed by atoms with Gasteiger partial charge in [0.2, 0.25) is 0 Å². The van der Waals surface area contributed by atoms with Crippen LogP contribution in [-0.2, 0) is 19.4 Å². The van der Waals surface area contributed by atoms with E-state index < -0.39 is 0 Å². The third-order valence-electron chi connectivity index (χ3n) is 4.06. The molecule has 6 nitrogen and oxygen atoms in total. The zero-order chi connectivity index (χ0) is 15.8. The molecule has 0 atom stereocenters. The lowest BCUT2D eigenvalue weighted by atomic mass is 9.97. The third kappa shape index (κ3) is 2.55. The summed E-state index contributed by atoms with van der Waals surface area (Å²) in [4.78, 5) is 11.8. The van der Waals surface area contributed by atoms with Crippen molar-refractivity contribution in [2.24, 2.45) is 0 Å². The van der Waals surface area contributed by atoms with Gasteiger partial charge in [-0.25, -0.2) is 9.97 Å². The summed E-state index contributed by atoms with van der Waals surface area (Å²) in [6.07, 6.45) is 8.28. The molecule has 0 radical (unpaired) electrons. The second-order valence-electron chi connectivity index (χ2n) is 5.72. The fourth-order valence-corrected chi connectivity index (χ4v) is 4.39. The van der Waals surface area contributed by atoms with Crippen molar-refractivity contribution in [3.63, 3.8) is 0 Å². The summed E-state index contributed by atoms with van der Waals surface area (Å²) < 4.78 is 1.61. The molecule has 1 N–H and O–H groups in total. The number of rotatable bonds is 3. The van der Waals surface area contributed by atoms with E-state index in [9.17, 15) is 0 Å². The van der Waals surface area contributed by atoms with Crippen LogP contribution in [0.15, 0.2) is 12.4 Å². The van der Waals surface area contributed by atoms with E-state index in [-0.39, 0.29) is 6.54 Å². The van der Waals surface area contributed by atoms with Crippen LogP contribution in [0, 0.1) is 18.3 Å². The Hall–Kier alpha value is -2.46. The molecule has 0 fully saturated rings. The van der Waals surface area contributed by atoms with E-state index in [1.807, 2.05) is 13.1 Å². The normalized spacial score (nSPS) is 13.7. The Labute approximate surface area is 137 Å². The smallest absolute Gasteiger partial charge is 0.143 e. The maximum absolute atomic E-state index is 8.75. The Balaban J connectivity index is 1.78. The summed E-state index contributed by atoms with van der Waals surface area (Å²) in [6.45, 7) is 2.16. The van der Waals surface area contributed by atoms with Crippen LogP contribution in [0.25, 0.3) is 10.2 Å². The Morgan fingerprint density at radius 3 is 3.09 bits per heavy atom. The lowest BCUT2D eigenvalue weighted by Crippen LogP contribution is -2.02. The van der Waals surface area contributed by atoms with Crippen molar-refractivity contribution in [1.82, 2.24) is 19.7 Å². The molecule has 0 saturated carbocycles. The molecular weight excluding hydrogens is 308 g/mol. The average Bonchev–Trinajstić information content (AvgIpc) is 3.11. The molecule has 3 aromatic heterocycles. The van der Waals surface area contributed by atoms with Gasteiger partial charge in [0.15, 0.2) is 0 Å². The lowest BCUT2D eigenvalue weighted by Gasteiger charge is -2.12. The van der Waals surface area contributed by atoms with Crippen LogP contribution >= 0.6 is 11.3 Å².